The highest BCUT2D eigenvalue weighted by Gasteiger charge is 2.69. The summed E-state index contributed by atoms with van der Waals surface area (Å²) in [5, 5.41) is 22.4. The molecule has 0 bridgehead atoms. The lowest BCUT2D eigenvalue weighted by Crippen LogP contribution is -2.60. The predicted molar refractivity (Wildman–Crippen MR) is 95.4 cm³/mol. The first-order valence-electron chi connectivity index (χ1n) is 9.85. The lowest BCUT2D eigenvalue weighted by atomic mass is 9.50. The van der Waals surface area contributed by atoms with Crippen LogP contribution in [0.2, 0.25) is 0 Å². The topological polar surface area (TPSA) is 101 Å². The van der Waals surface area contributed by atoms with Crippen LogP contribution in [0.15, 0.2) is 12.2 Å². The second-order valence-corrected chi connectivity index (χ2v) is 9.42. The molecule has 0 heterocycles. The number of fused-ring (bicyclic) bond motifs is 5. The van der Waals surface area contributed by atoms with Gasteiger partial charge in [-0.1, -0.05) is 19.9 Å². The molecular weight excluding hydrogens is 348 g/mol. The van der Waals surface area contributed by atoms with E-state index in [2.05, 4.69) is 0 Å². The number of aliphatic hydroxyl groups excluding tert-OH is 1. The van der Waals surface area contributed by atoms with Crippen LogP contribution in [0.1, 0.15) is 46.0 Å². The molecule has 4 rings (SSSR count). The zero-order chi connectivity index (χ0) is 19.8. The van der Waals surface area contributed by atoms with Crippen LogP contribution in [-0.4, -0.2) is 46.6 Å². The van der Waals surface area contributed by atoms with Crippen molar-refractivity contribution in [2.75, 3.05) is 7.11 Å². The van der Waals surface area contributed by atoms with Crippen molar-refractivity contribution in [1.82, 2.24) is 0 Å². The zero-order valence-electron chi connectivity index (χ0n) is 16.1. The van der Waals surface area contributed by atoms with E-state index in [0.29, 0.717) is 25.7 Å². The molecule has 4 aliphatic carbocycles. The number of hydrogen-bond donors (Lipinski definition) is 2. The van der Waals surface area contributed by atoms with E-state index in [4.69, 9.17) is 4.74 Å². The van der Waals surface area contributed by atoms with Crippen molar-refractivity contribution in [3.8, 4) is 0 Å². The summed E-state index contributed by atoms with van der Waals surface area (Å²) in [6, 6.07) is 0. The predicted octanol–water partition coefficient (Wildman–Crippen LogP) is 1.43. The number of ether oxygens (including phenoxy) is 1. The van der Waals surface area contributed by atoms with Gasteiger partial charge in [0.05, 0.1) is 19.1 Å². The molecule has 148 valence electrons. The van der Waals surface area contributed by atoms with E-state index in [1.54, 1.807) is 0 Å². The molecule has 3 fully saturated rings. The van der Waals surface area contributed by atoms with E-state index in [-0.39, 0.29) is 35.7 Å². The number of methoxy groups -OCH3 is 1. The smallest absolute Gasteiger partial charge is 0.338 e. The van der Waals surface area contributed by atoms with Crippen LogP contribution < -0.4 is 0 Å². The largest absolute Gasteiger partial charge is 0.467 e. The Kier molecular flexibility index (Phi) is 4.00. The normalized spacial score (nSPS) is 51.4. The number of rotatable bonds is 1. The highest BCUT2D eigenvalue weighted by atomic mass is 16.5. The minimum Gasteiger partial charge on any atom is -0.467 e. The van der Waals surface area contributed by atoms with Crippen molar-refractivity contribution in [3.63, 3.8) is 0 Å². The average Bonchev–Trinajstić information content (AvgIpc) is 3.01. The fraction of sp³-hybridized carbons (Fsp3) is 0.762. The van der Waals surface area contributed by atoms with Gasteiger partial charge in [0.1, 0.15) is 5.78 Å². The third-order valence-electron chi connectivity index (χ3n) is 8.41. The zero-order valence-corrected chi connectivity index (χ0v) is 16.1. The molecule has 2 N–H and O–H groups in total. The first-order valence-corrected chi connectivity index (χ1v) is 9.85. The molecule has 0 aromatic rings. The third kappa shape index (κ3) is 2.17. The van der Waals surface area contributed by atoms with Crippen LogP contribution in [0.4, 0.5) is 0 Å². The van der Waals surface area contributed by atoms with Gasteiger partial charge >= 0.3 is 5.97 Å². The van der Waals surface area contributed by atoms with E-state index in [9.17, 15) is 24.6 Å². The average molecular weight is 376 g/mol. The summed E-state index contributed by atoms with van der Waals surface area (Å²) in [6.45, 7) is 3.77. The number of esters is 1. The van der Waals surface area contributed by atoms with Gasteiger partial charge in [0.25, 0.3) is 0 Å². The number of carbonyl (C=O) groups excluding carboxylic acids is 3. The van der Waals surface area contributed by atoms with Gasteiger partial charge in [0, 0.05) is 17.3 Å². The number of Topliss-reactive ketones (excluding diaryl/α,β-unsaturated/α-hetero) is 1. The molecule has 27 heavy (non-hydrogen) atoms. The molecule has 0 saturated heterocycles. The third-order valence-corrected chi connectivity index (χ3v) is 8.41. The minimum absolute atomic E-state index is 0.0116. The Labute approximate surface area is 159 Å². The first kappa shape index (κ1) is 18.8. The molecule has 0 aromatic carbocycles. The van der Waals surface area contributed by atoms with Crippen molar-refractivity contribution in [3.05, 3.63) is 12.2 Å². The summed E-state index contributed by atoms with van der Waals surface area (Å²) in [5.41, 5.74) is -3.15. The van der Waals surface area contributed by atoms with Crippen LogP contribution in [0, 0.1) is 34.5 Å². The summed E-state index contributed by atoms with van der Waals surface area (Å²) >= 11 is 0. The number of allylic oxidation sites excluding steroid dienone is 2. The molecule has 0 amide bonds. The summed E-state index contributed by atoms with van der Waals surface area (Å²) < 4.78 is 4.89. The van der Waals surface area contributed by atoms with Gasteiger partial charge in [0.15, 0.2) is 11.4 Å². The maximum Gasteiger partial charge on any atom is 0.338 e. The number of carbonyl (C=O) groups is 3. The lowest BCUT2D eigenvalue weighted by Gasteiger charge is -2.55. The fourth-order valence-corrected chi connectivity index (χ4v) is 7.16. The van der Waals surface area contributed by atoms with Gasteiger partial charge < -0.3 is 14.9 Å². The Bertz CT molecular complexity index is 743. The van der Waals surface area contributed by atoms with Gasteiger partial charge in [-0.3, -0.25) is 9.59 Å². The summed E-state index contributed by atoms with van der Waals surface area (Å²) in [7, 11) is 1.27. The summed E-state index contributed by atoms with van der Waals surface area (Å²) in [4.78, 5) is 37.5. The SMILES string of the molecule is COC(=O)[C@@]1(O)CC[C@H]2[C@@H]3CCC(=O)C4C(=O)C=C[C@]4(C)[C@H]3[C@@H](O)C[C@@]21C. The molecule has 8 atom stereocenters. The standard InChI is InChI=1S/C21H28O6/c1-19-8-7-14(23)17(19)13(22)5-4-11-12-6-9-21(26,18(25)27-3)20(12,2)10-15(24)16(11)19/h7-8,11-12,15-17,24,26H,4-6,9-10H2,1-3H3/t11-,12-,15-,16+,17?,19+,20-,21-/m0/s1. The fourth-order valence-electron chi connectivity index (χ4n) is 7.16. The van der Waals surface area contributed by atoms with Gasteiger partial charge in [-0.05, 0) is 49.5 Å². The quantitative estimate of drug-likeness (QED) is 0.530. The molecule has 3 saturated carbocycles. The summed E-state index contributed by atoms with van der Waals surface area (Å²) in [5.74, 6) is -1.88. The molecule has 6 heteroatoms. The number of ketones is 2. The van der Waals surface area contributed by atoms with E-state index in [1.165, 1.54) is 13.2 Å². The summed E-state index contributed by atoms with van der Waals surface area (Å²) in [6.07, 6.45) is 4.56. The second-order valence-electron chi connectivity index (χ2n) is 9.42. The van der Waals surface area contributed by atoms with Crippen molar-refractivity contribution >= 4 is 17.5 Å². The number of aliphatic hydroxyl groups is 2. The van der Waals surface area contributed by atoms with Crippen molar-refractivity contribution in [1.29, 1.82) is 0 Å². The minimum atomic E-state index is -1.63. The Balaban J connectivity index is 1.79. The van der Waals surface area contributed by atoms with E-state index in [1.807, 2.05) is 19.9 Å². The van der Waals surface area contributed by atoms with Crippen LogP contribution >= 0.6 is 0 Å². The Morgan fingerprint density at radius 2 is 1.96 bits per heavy atom. The van der Waals surface area contributed by atoms with Gasteiger partial charge in [-0.15, -0.1) is 0 Å². The molecule has 0 spiro atoms. The van der Waals surface area contributed by atoms with Gasteiger partial charge in [-0.25, -0.2) is 4.79 Å². The molecule has 6 nitrogen and oxygen atoms in total. The van der Waals surface area contributed by atoms with Crippen LogP contribution in [0.3, 0.4) is 0 Å². The van der Waals surface area contributed by atoms with E-state index in [0.717, 1.165) is 0 Å². The highest BCUT2D eigenvalue weighted by Crippen LogP contribution is 2.66. The molecule has 0 radical (unpaired) electrons. The molecular formula is C21H28O6. The van der Waals surface area contributed by atoms with Gasteiger partial charge in [0.2, 0.25) is 0 Å². The van der Waals surface area contributed by atoms with Crippen molar-refractivity contribution < 1.29 is 29.3 Å². The first-order chi connectivity index (χ1) is 12.6. The maximum atomic E-state index is 12.7. The molecule has 0 aromatic heterocycles. The van der Waals surface area contributed by atoms with E-state index >= 15 is 0 Å². The van der Waals surface area contributed by atoms with Crippen LogP contribution in [-0.2, 0) is 19.1 Å². The Morgan fingerprint density at radius 1 is 1.26 bits per heavy atom. The number of hydrogen-bond acceptors (Lipinski definition) is 6. The van der Waals surface area contributed by atoms with Gasteiger partial charge in [-0.2, -0.15) is 0 Å². The Hall–Kier alpha value is -1.53. The monoisotopic (exact) mass is 376 g/mol. The molecule has 4 aliphatic rings. The lowest BCUT2D eigenvalue weighted by molar-refractivity contribution is -0.194. The van der Waals surface area contributed by atoms with E-state index < -0.39 is 34.4 Å². The Morgan fingerprint density at radius 3 is 2.63 bits per heavy atom. The molecule has 1 unspecified atom stereocenters. The van der Waals surface area contributed by atoms with Crippen molar-refractivity contribution in [2.45, 2.75) is 57.7 Å². The maximum absolute atomic E-state index is 12.7. The van der Waals surface area contributed by atoms with Crippen LogP contribution in [0.25, 0.3) is 0 Å². The second kappa shape index (κ2) is 5.74. The molecule has 0 aliphatic heterocycles. The van der Waals surface area contributed by atoms with Crippen molar-refractivity contribution in [2.24, 2.45) is 34.5 Å². The highest BCUT2D eigenvalue weighted by molar-refractivity contribution is 6.10. The van der Waals surface area contributed by atoms with Crippen LogP contribution in [0.5, 0.6) is 0 Å².